The Labute approximate surface area is 180 Å². The van der Waals surface area contributed by atoms with E-state index in [1.54, 1.807) is 0 Å². The molecule has 0 aliphatic heterocycles. The molecule has 1 aliphatic carbocycles. The van der Waals surface area contributed by atoms with Gasteiger partial charge in [-0.05, 0) is 80.6 Å². The Bertz CT molecular complexity index is 1190. The Morgan fingerprint density at radius 2 is 1.53 bits per heavy atom. The molecule has 1 aliphatic rings. The van der Waals surface area contributed by atoms with E-state index in [2.05, 4.69) is 102 Å². The highest BCUT2D eigenvalue weighted by Crippen LogP contribution is 2.52. The van der Waals surface area contributed by atoms with Crippen molar-refractivity contribution in [2.75, 3.05) is 4.90 Å². The van der Waals surface area contributed by atoms with Gasteiger partial charge in [0.15, 0.2) is 0 Å². The molecule has 0 saturated heterocycles. The summed E-state index contributed by atoms with van der Waals surface area (Å²) in [5, 5.41) is 9.81. The maximum Gasteiger partial charge on any atom is 0.0998 e. The zero-order valence-electron chi connectivity index (χ0n) is 19.1. The highest BCUT2D eigenvalue weighted by atomic mass is 15.2. The minimum atomic E-state index is -0.115. The van der Waals surface area contributed by atoms with E-state index >= 15 is 0 Å². The molecule has 3 aromatic carbocycles. The standard InChI is InChI=1S/C28H30N2/c1-18-11-8-9-14-24(18)30(27(3,4)5)25-16-21-23(15-19(25)2)28(6,7)22-13-10-12-20(17-29)26(21)22/h8-16H,1-7H3. The maximum absolute atomic E-state index is 9.81. The van der Waals surface area contributed by atoms with Crippen molar-refractivity contribution < 1.29 is 0 Å². The summed E-state index contributed by atoms with van der Waals surface area (Å²) < 4.78 is 0. The normalized spacial score (nSPS) is 14.1. The Morgan fingerprint density at radius 1 is 0.833 bits per heavy atom. The molecule has 152 valence electrons. The summed E-state index contributed by atoms with van der Waals surface area (Å²) in [7, 11) is 0. The van der Waals surface area contributed by atoms with Crippen molar-refractivity contribution in [3.8, 4) is 17.2 Å². The number of anilines is 2. The summed E-state index contributed by atoms with van der Waals surface area (Å²) in [5.41, 5.74) is 10.3. The number of benzene rings is 3. The van der Waals surface area contributed by atoms with Crippen LogP contribution in [0.15, 0.2) is 54.6 Å². The molecule has 0 fully saturated rings. The van der Waals surface area contributed by atoms with Gasteiger partial charge in [0, 0.05) is 27.9 Å². The highest BCUT2D eigenvalue weighted by Gasteiger charge is 2.38. The third-order valence-corrected chi connectivity index (χ3v) is 6.41. The van der Waals surface area contributed by atoms with Crippen molar-refractivity contribution in [3.05, 3.63) is 82.4 Å². The van der Waals surface area contributed by atoms with Gasteiger partial charge in [0.1, 0.15) is 0 Å². The lowest BCUT2D eigenvalue weighted by atomic mass is 9.81. The van der Waals surface area contributed by atoms with Gasteiger partial charge in [0.05, 0.1) is 11.6 Å². The Morgan fingerprint density at radius 3 is 2.17 bits per heavy atom. The Hall–Kier alpha value is -3.05. The topological polar surface area (TPSA) is 27.0 Å². The second-order valence-electron chi connectivity index (χ2n) is 9.94. The van der Waals surface area contributed by atoms with Crippen LogP contribution in [0.1, 0.15) is 62.4 Å². The molecule has 2 nitrogen and oxygen atoms in total. The fraction of sp³-hybridized carbons (Fsp3) is 0.321. The maximum atomic E-state index is 9.81. The van der Waals surface area contributed by atoms with Crippen LogP contribution < -0.4 is 4.90 Å². The summed E-state index contributed by atoms with van der Waals surface area (Å²) in [6.07, 6.45) is 0. The number of aryl methyl sites for hydroxylation is 2. The van der Waals surface area contributed by atoms with Gasteiger partial charge in [0.25, 0.3) is 0 Å². The van der Waals surface area contributed by atoms with Crippen molar-refractivity contribution in [3.63, 3.8) is 0 Å². The molecule has 30 heavy (non-hydrogen) atoms. The lowest BCUT2D eigenvalue weighted by Crippen LogP contribution is -2.38. The molecule has 0 saturated carbocycles. The van der Waals surface area contributed by atoms with E-state index in [1.165, 1.54) is 39.2 Å². The van der Waals surface area contributed by atoms with Gasteiger partial charge in [-0.25, -0.2) is 0 Å². The molecule has 3 aromatic rings. The first kappa shape index (κ1) is 20.2. The van der Waals surface area contributed by atoms with Crippen molar-refractivity contribution in [1.82, 2.24) is 0 Å². The second-order valence-corrected chi connectivity index (χ2v) is 9.94. The first-order chi connectivity index (χ1) is 14.1. The van der Waals surface area contributed by atoms with Gasteiger partial charge in [-0.3, -0.25) is 0 Å². The number of para-hydroxylation sites is 1. The van der Waals surface area contributed by atoms with Gasteiger partial charge >= 0.3 is 0 Å². The van der Waals surface area contributed by atoms with Crippen LogP contribution in [-0.4, -0.2) is 5.54 Å². The number of fused-ring (bicyclic) bond motifs is 3. The molecule has 0 radical (unpaired) electrons. The predicted octanol–water partition coefficient (Wildman–Crippen LogP) is 7.42. The minimum absolute atomic E-state index is 0.100. The van der Waals surface area contributed by atoms with Gasteiger partial charge in [0.2, 0.25) is 0 Å². The van der Waals surface area contributed by atoms with E-state index in [9.17, 15) is 5.26 Å². The molecule has 4 rings (SSSR count). The van der Waals surface area contributed by atoms with Gasteiger partial charge in [-0.2, -0.15) is 5.26 Å². The van der Waals surface area contributed by atoms with E-state index in [1.807, 2.05) is 12.1 Å². The van der Waals surface area contributed by atoms with Crippen LogP contribution in [0.25, 0.3) is 11.1 Å². The average molecular weight is 395 g/mol. The van der Waals surface area contributed by atoms with Crippen molar-refractivity contribution in [1.29, 1.82) is 5.26 Å². The zero-order chi connectivity index (χ0) is 21.8. The summed E-state index contributed by atoms with van der Waals surface area (Å²) >= 11 is 0. The van der Waals surface area contributed by atoms with E-state index < -0.39 is 0 Å². The largest absolute Gasteiger partial charge is 0.336 e. The van der Waals surface area contributed by atoms with Crippen LogP contribution in [0.4, 0.5) is 11.4 Å². The van der Waals surface area contributed by atoms with Crippen LogP contribution in [-0.2, 0) is 5.41 Å². The first-order valence-electron chi connectivity index (χ1n) is 10.6. The molecule has 0 N–H and O–H groups in total. The predicted molar refractivity (Wildman–Crippen MR) is 127 cm³/mol. The van der Waals surface area contributed by atoms with Gasteiger partial charge in [-0.1, -0.05) is 50.2 Å². The van der Waals surface area contributed by atoms with Gasteiger partial charge in [-0.15, -0.1) is 0 Å². The Kier molecular flexibility index (Phi) is 4.55. The second kappa shape index (κ2) is 6.74. The number of rotatable bonds is 2. The van der Waals surface area contributed by atoms with E-state index in [0.29, 0.717) is 0 Å². The van der Waals surface area contributed by atoms with Gasteiger partial charge < -0.3 is 4.90 Å². The average Bonchev–Trinajstić information content (AvgIpc) is 2.90. The van der Waals surface area contributed by atoms with Crippen molar-refractivity contribution in [2.24, 2.45) is 0 Å². The number of hydrogen-bond donors (Lipinski definition) is 0. The molecule has 0 aromatic heterocycles. The SMILES string of the molecule is Cc1ccccc1N(c1cc2c(cc1C)C(C)(C)c1cccc(C#N)c1-2)C(C)(C)C. The minimum Gasteiger partial charge on any atom is -0.336 e. The van der Waals surface area contributed by atoms with Crippen LogP contribution in [0.2, 0.25) is 0 Å². The summed E-state index contributed by atoms with van der Waals surface area (Å²) in [6.45, 7) is 15.7. The van der Waals surface area contributed by atoms with Crippen LogP contribution in [0.3, 0.4) is 0 Å². The molecule has 0 unspecified atom stereocenters. The molecule has 0 amide bonds. The third kappa shape index (κ3) is 2.92. The van der Waals surface area contributed by atoms with E-state index in [4.69, 9.17) is 0 Å². The smallest absolute Gasteiger partial charge is 0.0998 e. The summed E-state index contributed by atoms with van der Waals surface area (Å²) in [4.78, 5) is 2.44. The lowest BCUT2D eigenvalue weighted by molar-refractivity contribution is 0.558. The van der Waals surface area contributed by atoms with E-state index in [-0.39, 0.29) is 11.0 Å². The zero-order valence-corrected chi connectivity index (χ0v) is 19.1. The van der Waals surface area contributed by atoms with Crippen molar-refractivity contribution in [2.45, 2.75) is 59.4 Å². The molecule has 2 heteroatoms. The number of hydrogen-bond acceptors (Lipinski definition) is 2. The Balaban J connectivity index is 2.04. The molecular formula is C28H30N2. The quantitative estimate of drug-likeness (QED) is 0.452. The fourth-order valence-corrected chi connectivity index (χ4v) is 4.93. The number of nitrogens with zero attached hydrogens (tertiary/aromatic N) is 2. The number of nitriles is 1. The van der Waals surface area contributed by atoms with E-state index in [0.717, 1.165) is 11.1 Å². The van der Waals surface area contributed by atoms with Crippen LogP contribution in [0, 0.1) is 25.2 Å². The summed E-state index contributed by atoms with van der Waals surface area (Å²) in [6, 6.07) is 21.8. The van der Waals surface area contributed by atoms with Crippen LogP contribution in [0.5, 0.6) is 0 Å². The third-order valence-electron chi connectivity index (χ3n) is 6.41. The van der Waals surface area contributed by atoms with Crippen molar-refractivity contribution >= 4 is 11.4 Å². The lowest BCUT2D eigenvalue weighted by Gasteiger charge is -2.40. The molecule has 0 heterocycles. The first-order valence-corrected chi connectivity index (χ1v) is 10.6. The summed E-state index contributed by atoms with van der Waals surface area (Å²) in [5.74, 6) is 0. The molecular weight excluding hydrogens is 364 g/mol. The molecule has 0 atom stereocenters. The monoisotopic (exact) mass is 394 g/mol. The van der Waals surface area contributed by atoms with Crippen LogP contribution >= 0.6 is 0 Å². The molecule has 0 spiro atoms. The molecule has 0 bridgehead atoms. The highest BCUT2D eigenvalue weighted by molar-refractivity contribution is 5.88. The fourth-order valence-electron chi connectivity index (χ4n) is 4.93.